The van der Waals surface area contributed by atoms with Gasteiger partial charge in [-0.3, -0.25) is 4.72 Å². The second kappa shape index (κ2) is 5.58. The smallest absolute Gasteiger partial charge is 0.262 e. The van der Waals surface area contributed by atoms with Crippen LogP contribution >= 0.6 is 11.3 Å². The molecule has 3 aromatic rings. The topological polar surface area (TPSA) is 64.0 Å². The Hall–Kier alpha value is -2.12. The van der Waals surface area contributed by atoms with E-state index in [0.29, 0.717) is 10.6 Å². The van der Waals surface area contributed by atoms with Crippen molar-refractivity contribution < 1.29 is 8.42 Å². The van der Waals surface area contributed by atoms with Gasteiger partial charge in [-0.1, -0.05) is 0 Å². The van der Waals surface area contributed by atoms with E-state index in [1.165, 1.54) is 11.3 Å². The predicted octanol–water partition coefficient (Wildman–Crippen LogP) is 3.35. The van der Waals surface area contributed by atoms with Gasteiger partial charge in [0, 0.05) is 27.8 Å². The van der Waals surface area contributed by atoms with Crippen LogP contribution in [0.4, 0.5) is 5.69 Å². The number of aryl methyl sites for hydroxylation is 2. The molecule has 1 aromatic carbocycles. The van der Waals surface area contributed by atoms with Gasteiger partial charge in [0.25, 0.3) is 10.0 Å². The van der Waals surface area contributed by atoms with Crippen molar-refractivity contribution in [3.63, 3.8) is 0 Å². The molecule has 0 bridgehead atoms. The Labute approximate surface area is 133 Å². The van der Waals surface area contributed by atoms with Crippen LogP contribution in [0.2, 0.25) is 0 Å². The third-order valence-corrected chi connectivity index (χ3v) is 5.78. The molecule has 1 N–H and O–H groups in total. The lowest BCUT2D eigenvalue weighted by atomic mass is 10.3. The zero-order valence-corrected chi connectivity index (χ0v) is 13.8. The SMILES string of the molecule is Cc1cc(S(=O)(=O)Nc2ccc(-n3cccn3)cc2)c(C)s1. The van der Waals surface area contributed by atoms with E-state index in [2.05, 4.69) is 9.82 Å². The number of rotatable bonds is 4. The molecule has 0 amide bonds. The summed E-state index contributed by atoms with van der Waals surface area (Å²) in [7, 11) is -3.55. The first-order valence-corrected chi connectivity index (χ1v) is 8.95. The van der Waals surface area contributed by atoms with Gasteiger partial charge in [0.05, 0.1) is 5.69 Å². The molecule has 0 saturated carbocycles. The van der Waals surface area contributed by atoms with E-state index < -0.39 is 10.0 Å². The highest BCUT2D eigenvalue weighted by molar-refractivity contribution is 7.93. The molecule has 5 nitrogen and oxygen atoms in total. The summed E-state index contributed by atoms with van der Waals surface area (Å²) in [6, 6.07) is 10.6. The molecule has 22 heavy (non-hydrogen) atoms. The molecule has 0 saturated heterocycles. The zero-order valence-electron chi connectivity index (χ0n) is 12.1. The molecule has 0 unspecified atom stereocenters. The third kappa shape index (κ3) is 2.90. The van der Waals surface area contributed by atoms with Gasteiger partial charge in [-0.05, 0) is 50.2 Å². The Morgan fingerprint density at radius 3 is 2.45 bits per heavy atom. The molecule has 0 spiro atoms. The van der Waals surface area contributed by atoms with Gasteiger partial charge < -0.3 is 0 Å². The van der Waals surface area contributed by atoms with Crippen LogP contribution in [0.25, 0.3) is 5.69 Å². The number of hydrogen-bond acceptors (Lipinski definition) is 4. The van der Waals surface area contributed by atoms with Gasteiger partial charge >= 0.3 is 0 Å². The number of nitrogens with one attached hydrogen (secondary N) is 1. The number of nitrogens with zero attached hydrogens (tertiary/aromatic N) is 2. The Morgan fingerprint density at radius 2 is 1.91 bits per heavy atom. The Balaban J connectivity index is 1.85. The van der Waals surface area contributed by atoms with Crippen LogP contribution in [0.5, 0.6) is 0 Å². The highest BCUT2D eigenvalue weighted by atomic mass is 32.2. The van der Waals surface area contributed by atoms with Crippen LogP contribution in [0.15, 0.2) is 53.7 Å². The minimum absolute atomic E-state index is 0.339. The van der Waals surface area contributed by atoms with Crippen molar-refractivity contribution in [1.29, 1.82) is 0 Å². The standard InChI is InChI=1S/C15H15N3O2S2/c1-11-10-15(12(2)21-11)22(19,20)17-13-4-6-14(7-5-13)18-9-3-8-16-18/h3-10,17H,1-2H3. The van der Waals surface area contributed by atoms with E-state index in [1.54, 1.807) is 29.1 Å². The summed E-state index contributed by atoms with van der Waals surface area (Å²) in [6.07, 6.45) is 3.52. The first-order chi connectivity index (χ1) is 10.5. The highest BCUT2D eigenvalue weighted by Gasteiger charge is 2.19. The molecule has 7 heteroatoms. The second-order valence-corrected chi connectivity index (χ2v) is 7.99. The van der Waals surface area contributed by atoms with E-state index in [4.69, 9.17) is 0 Å². The maximum atomic E-state index is 12.4. The van der Waals surface area contributed by atoms with Gasteiger partial charge in [-0.15, -0.1) is 11.3 Å². The van der Waals surface area contributed by atoms with Crippen molar-refractivity contribution in [2.75, 3.05) is 4.72 Å². The van der Waals surface area contributed by atoms with Gasteiger partial charge in [0.15, 0.2) is 0 Å². The monoisotopic (exact) mass is 333 g/mol. The van der Waals surface area contributed by atoms with E-state index in [1.807, 2.05) is 38.2 Å². The van der Waals surface area contributed by atoms with E-state index in [0.717, 1.165) is 15.4 Å². The number of aromatic nitrogens is 2. The van der Waals surface area contributed by atoms with E-state index in [9.17, 15) is 8.42 Å². The summed E-state index contributed by atoms with van der Waals surface area (Å²) in [6.45, 7) is 3.71. The summed E-state index contributed by atoms with van der Waals surface area (Å²) in [5, 5.41) is 4.13. The van der Waals surface area contributed by atoms with Gasteiger partial charge in [-0.25, -0.2) is 13.1 Å². The first-order valence-electron chi connectivity index (χ1n) is 6.66. The summed E-state index contributed by atoms with van der Waals surface area (Å²) in [4.78, 5) is 2.11. The quantitative estimate of drug-likeness (QED) is 0.796. The lowest BCUT2D eigenvalue weighted by Gasteiger charge is -2.08. The fourth-order valence-electron chi connectivity index (χ4n) is 2.19. The van der Waals surface area contributed by atoms with Crippen LogP contribution in [0, 0.1) is 13.8 Å². The Bertz CT molecular complexity index is 880. The van der Waals surface area contributed by atoms with E-state index >= 15 is 0 Å². The molecular formula is C15H15N3O2S2. The average molecular weight is 333 g/mol. The second-order valence-electron chi connectivity index (χ2n) is 4.88. The van der Waals surface area contributed by atoms with Crippen molar-refractivity contribution in [3.05, 3.63) is 58.5 Å². The van der Waals surface area contributed by atoms with Crippen molar-refractivity contribution in [2.45, 2.75) is 18.7 Å². The summed E-state index contributed by atoms with van der Waals surface area (Å²) in [5.41, 5.74) is 1.40. The minimum Gasteiger partial charge on any atom is -0.280 e. The molecule has 0 fully saturated rings. The maximum Gasteiger partial charge on any atom is 0.262 e. The van der Waals surface area contributed by atoms with Gasteiger partial charge in [0.1, 0.15) is 4.90 Å². The molecule has 0 radical (unpaired) electrons. The summed E-state index contributed by atoms with van der Waals surface area (Å²) < 4.78 is 29.2. The molecule has 0 aliphatic rings. The molecule has 3 rings (SSSR count). The molecule has 0 atom stereocenters. The molecular weight excluding hydrogens is 318 g/mol. The largest absolute Gasteiger partial charge is 0.280 e. The predicted molar refractivity (Wildman–Crippen MR) is 88.2 cm³/mol. The fraction of sp³-hybridized carbons (Fsp3) is 0.133. The summed E-state index contributed by atoms with van der Waals surface area (Å²) in [5.74, 6) is 0. The zero-order chi connectivity index (χ0) is 15.7. The number of benzene rings is 1. The van der Waals surface area contributed by atoms with E-state index in [-0.39, 0.29) is 0 Å². The fourth-order valence-corrected chi connectivity index (χ4v) is 4.80. The van der Waals surface area contributed by atoms with Crippen LogP contribution in [-0.4, -0.2) is 18.2 Å². The lowest BCUT2D eigenvalue weighted by Crippen LogP contribution is -2.13. The van der Waals surface area contributed by atoms with Gasteiger partial charge in [0.2, 0.25) is 0 Å². The molecule has 0 aliphatic heterocycles. The van der Waals surface area contributed by atoms with Crippen molar-refractivity contribution in [1.82, 2.24) is 9.78 Å². The summed E-state index contributed by atoms with van der Waals surface area (Å²) >= 11 is 1.48. The van der Waals surface area contributed by atoms with Crippen molar-refractivity contribution >= 4 is 27.0 Å². The van der Waals surface area contributed by atoms with Crippen LogP contribution < -0.4 is 4.72 Å². The average Bonchev–Trinajstić information content (AvgIpc) is 3.09. The lowest BCUT2D eigenvalue weighted by molar-refractivity contribution is 0.601. The third-order valence-electron chi connectivity index (χ3n) is 3.17. The van der Waals surface area contributed by atoms with Crippen LogP contribution in [0.3, 0.4) is 0 Å². The number of thiophene rings is 1. The normalized spacial score (nSPS) is 11.5. The molecule has 0 aliphatic carbocycles. The van der Waals surface area contributed by atoms with Crippen LogP contribution in [-0.2, 0) is 10.0 Å². The minimum atomic E-state index is -3.55. The molecule has 2 aromatic heterocycles. The highest BCUT2D eigenvalue weighted by Crippen LogP contribution is 2.27. The van der Waals surface area contributed by atoms with Gasteiger partial charge in [-0.2, -0.15) is 5.10 Å². The number of anilines is 1. The Kier molecular flexibility index (Phi) is 3.76. The molecule has 2 heterocycles. The van der Waals surface area contributed by atoms with Crippen molar-refractivity contribution in [2.24, 2.45) is 0 Å². The van der Waals surface area contributed by atoms with Crippen LogP contribution in [0.1, 0.15) is 9.75 Å². The number of sulfonamides is 1. The Morgan fingerprint density at radius 1 is 1.18 bits per heavy atom. The first kappa shape index (κ1) is 14.8. The number of hydrogen-bond donors (Lipinski definition) is 1. The maximum absolute atomic E-state index is 12.4. The van der Waals surface area contributed by atoms with Crippen molar-refractivity contribution in [3.8, 4) is 5.69 Å². The molecule has 114 valence electrons.